The molecule has 0 aromatic heterocycles. The van der Waals surface area contributed by atoms with Gasteiger partial charge in [-0.1, -0.05) is 0 Å². The number of esters is 1. The number of unbranched alkanes of at least 4 members (excludes halogenated alkanes) is 3. The third-order valence-electron chi connectivity index (χ3n) is 5.17. The van der Waals surface area contributed by atoms with E-state index < -0.39 is 18.4 Å². The summed E-state index contributed by atoms with van der Waals surface area (Å²) in [4.78, 5) is 11.9. The molecule has 0 heterocycles. The van der Waals surface area contributed by atoms with Gasteiger partial charge in [0.2, 0.25) is 0 Å². The van der Waals surface area contributed by atoms with Gasteiger partial charge in [0.05, 0.1) is 0 Å². The van der Waals surface area contributed by atoms with E-state index in [1.807, 2.05) is 0 Å². The van der Waals surface area contributed by atoms with Gasteiger partial charge in [-0.05, 0) is 0 Å². The van der Waals surface area contributed by atoms with Crippen LogP contribution in [-0.4, -0.2) is 31.5 Å². The zero-order valence-corrected chi connectivity index (χ0v) is 16.9. The van der Waals surface area contributed by atoms with Crippen LogP contribution in [0.5, 0.6) is 0 Å². The molecule has 0 aromatic rings. The number of hydrogen-bond donors (Lipinski definition) is 0. The molecular weight excluding hydrogens is 355 g/mol. The standard InChI is InChI=1S/C5H7O2.3C4H9.Sn/c1-7-5(6)4-2-3-4;3*1-3-4-2;/h2,4H,3H2,1H3;3*1,3-4H2,2H3;. The zero-order valence-electron chi connectivity index (χ0n) is 14.0. The molecule has 0 radical (unpaired) electrons. The van der Waals surface area contributed by atoms with E-state index >= 15 is 0 Å². The Bertz CT molecular complexity index is 269. The Kier molecular flexibility index (Phi) is 8.54. The Labute approximate surface area is 129 Å². The number of carbonyl (C=O) groups excluding carboxylic acids is 1. The number of methoxy groups -OCH3 is 1. The van der Waals surface area contributed by atoms with Crippen molar-refractivity contribution >= 4 is 24.3 Å². The van der Waals surface area contributed by atoms with Gasteiger partial charge >= 0.3 is 130 Å². The summed E-state index contributed by atoms with van der Waals surface area (Å²) in [5.41, 5.74) is 0. The molecule has 1 aliphatic carbocycles. The van der Waals surface area contributed by atoms with Gasteiger partial charge in [-0.2, -0.15) is 0 Å². The van der Waals surface area contributed by atoms with E-state index in [2.05, 4.69) is 20.8 Å². The maximum absolute atomic E-state index is 11.9. The van der Waals surface area contributed by atoms with Crippen LogP contribution < -0.4 is 0 Å². The van der Waals surface area contributed by atoms with Crippen molar-refractivity contribution in [2.75, 3.05) is 7.11 Å². The summed E-state index contributed by atoms with van der Waals surface area (Å²) in [6.07, 6.45) is 9.29. The van der Waals surface area contributed by atoms with Crippen LogP contribution in [0.25, 0.3) is 0 Å². The van der Waals surface area contributed by atoms with Crippen LogP contribution in [0.3, 0.4) is 0 Å². The Morgan fingerprint density at radius 1 is 1.00 bits per heavy atom. The van der Waals surface area contributed by atoms with E-state index in [1.165, 1.54) is 58.3 Å². The second kappa shape index (κ2) is 9.32. The molecule has 1 saturated carbocycles. The van der Waals surface area contributed by atoms with Crippen molar-refractivity contribution < 1.29 is 9.53 Å². The summed E-state index contributed by atoms with van der Waals surface area (Å²) in [7, 11) is 1.55. The summed E-state index contributed by atoms with van der Waals surface area (Å²) in [6.45, 7) is 6.92. The third-order valence-corrected chi connectivity index (χ3v) is 23.0. The number of ether oxygens (including phenoxy) is 1. The molecule has 1 fully saturated rings. The molecule has 0 spiro atoms. The Balaban J connectivity index is 2.76. The predicted octanol–water partition coefficient (Wildman–Crippen LogP) is 5.40. The van der Waals surface area contributed by atoms with E-state index in [0.717, 1.165) is 3.93 Å². The van der Waals surface area contributed by atoms with Crippen LogP contribution in [0, 0.1) is 5.92 Å². The van der Waals surface area contributed by atoms with Crippen molar-refractivity contribution in [2.45, 2.75) is 83.0 Å². The Morgan fingerprint density at radius 3 is 1.80 bits per heavy atom. The van der Waals surface area contributed by atoms with Gasteiger partial charge in [0, 0.05) is 0 Å². The van der Waals surface area contributed by atoms with E-state index in [-0.39, 0.29) is 5.97 Å². The normalized spacial score (nSPS) is 21.8. The first-order chi connectivity index (χ1) is 9.65. The fourth-order valence-electron chi connectivity index (χ4n) is 3.80. The maximum atomic E-state index is 11.9. The second-order valence-electron chi connectivity index (χ2n) is 6.64. The third kappa shape index (κ3) is 4.92. The molecule has 3 heteroatoms. The monoisotopic (exact) mass is 390 g/mol. The molecule has 118 valence electrons. The first-order valence-corrected chi connectivity index (χ1v) is 16.4. The molecule has 2 atom stereocenters. The molecule has 2 nitrogen and oxygen atoms in total. The molecule has 1 rings (SSSR count). The van der Waals surface area contributed by atoms with Crippen molar-refractivity contribution in [2.24, 2.45) is 5.92 Å². The first-order valence-electron chi connectivity index (χ1n) is 8.73. The molecule has 0 N–H and O–H groups in total. The second-order valence-corrected chi connectivity index (χ2v) is 20.8. The van der Waals surface area contributed by atoms with Crippen molar-refractivity contribution in [3.63, 3.8) is 0 Å². The Hall–Kier alpha value is 0.269. The van der Waals surface area contributed by atoms with Crippen molar-refractivity contribution in [1.82, 2.24) is 0 Å². The minimum absolute atomic E-state index is 0.0839. The number of carbonyl (C=O) groups is 1. The molecule has 2 unspecified atom stereocenters. The van der Waals surface area contributed by atoms with Crippen molar-refractivity contribution in [1.29, 1.82) is 0 Å². The van der Waals surface area contributed by atoms with Crippen molar-refractivity contribution in [3.8, 4) is 0 Å². The van der Waals surface area contributed by atoms with E-state index in [4.69, 9.17) is 4.74 Å². The summed E-state index contributed by atoms with van der Waals surface area (Å²) < 4.78 is 10.4. The predicted molar refractivity (Wildman–Crippen MR) is 88.8 cm³/mol. The molecule has 0 amide bonds. The summed E-state index contributed by atoms with van der Waals surface area (Å²) in [6, 6.07) is 0. The van der Waals surface area contributed by atoms with Crippen LogP contribution in [-0.2, 0) is 9.53 Å². The molecule has 0 aliphatic heterocycles. The van der Waals surface area contributed by atoms with Crippen LogP contribution in [0.15, 0.2) is 0 Å². The molecule has 1 aliphatic rings. The van der Waals surface area contributed by atoms with Gasteiger partial charge in [0.1, 0.15) is 0 Å². The van der Waals surface area contributed by atoms with Gasteiger partial charge < -0.3 is 0 Å². The fraction of sp³-hybridized carbons (Fsp3) is 0.941. The summed E-state index contributed by atoms with van der Waals surface area (Å²) in [5, 5.41) is 0. The van der Waals surface area contributed by atoms with E-state index in [1.54, 1.807) is 7.11 Å². The average Bonchev–Trinajstić information content (AvgIpc) is 3.27. The van der Waals surface area contributed by atoms with Crippen molar-refractivity contribution in [3.05, 3.63) is 0 Å². The van der Waals surface area contributed by atoms with Gasteiger partial charge in [-0.15, -0.1) is 0 Å². The fourth-order valence-corrected chi connectivity index (χ4v) is 23.1. The van der Waals surface area contributed by atoms with E-state index in [9.17, 15) is 4.79 Å². The van der Waals surface area contributed by atoms with E-state index in [0.29, 0.717) is 5.92 Å². The van der Waals surface area contributed by atoms with Crippen LogP contribution in [0.2, 0.25) is 17.2 Å². The molecule has 0 aromatic carbocycles. The quantitative estimate of drug-likeness (QED) is 0.350. The molecule has 0 bridgehead atoms. The van der Waals surface area contributed by atoms with Gasteiger partial charge in [0.15, 0.2) is 0 Å². The van der Waals surface area contributed by atoms with Crippen LogP contribution in [0.1, 0.15) is 65.7 Å². The number of hydrogen-bond acceptors (Lipinski definition) is 2. The Morgan fingerprint density at radius 2 is 1.45 bits per heavy atom. The van der Waals surface area contributed by atoms with Crippen LogP contribution in [0.4, 0.5) is 0 Å². The molecule has 20 heavy (non-hydrogen) atoms. The minimum atomic E-state index is -2.13. The molecular formula is C17H34O2Sn. The number of rotatable bonds is 11. The molecule has 0 saturated heterocycles. The van der Waals surface area contributed by atoms with Gasteiger partial charge in [-0.25, -0.2) is 0 Å². The topological polar surface area (TPSA) is 26.3 Å². The van der Waals surface area contributed by atoms with Crippen LogP contribution >= 0.6 is 0 Å². The van der Waals surface area contributed by atoms with Gasteiger partial charge in [0.25, 0.3) is 0 Å². The zero-order chi connectivity index (χ0) is 15.0. The summed E-state index contributed by atoms with van der Waals surface area (Å²) >= 11 is -2.13. The first kappa shape index (κ1) is 18.3. The average molecular weight is 389 g/mol. The summed E-state index contributed by atoms with van der Waals surface area (Å²) in [5.74, 6) is 0.377. The SMILES string of the molecule is CCC[CH2][Sn]([CH2]CCC)([CH2]CCC)[CH]1CC1C(=O)OC. The van der Waals surface area contributed by atoms with Gasteiger partial charge in [-0.3, -0.25) is 0 Å².